The van der Waals surface area contributed by atoms with E-state index in [1.165, 1.54) is 12.3 Å². The molecule has 0 aliphatic carbocycles. The number of benzene rings is 2. The highest BCUT2D eigenvalue weighted by atomic mass is 16.5. The molecule has 8 heteroatoms. The summed E-state index contributed by atoms with van der Waals surface area (Å²) in [6.07, 6.45) is 1.77. The first-order chi connectivity index (χ1) is 13.0. The number of aromatic hydroxyl groups is 1. The molecule has 0 saturated heterocycles. The Bertz CT molecular complexity index is 836. The van der Waals surface area contributed by atoms with Gasteiger partial charge in [-0.1, -0.05) is 18.2 Å². The van der Waals surface area contributed by atoms with Crippen molar-refractivity contribution in [3.8, 4) is 17.2 Å². The molecule has 2 aromatic rings. The van der Waals surface area contributed by atoms with Crippen molar-refractivity contribution in [2.45, 2.75) is 6.42 Å². The number of hydrazone groups is 1. The molecule has 0 radical (unpaired) electrons. The zero-order valence-corrected chi connectivity index (χ0v) is 15.1. The van der Waals surface area contributed by atoms with Crippen LogP contribution in [0.2, 0.25) is 0 Å². The predicted molar refractivity (Wildman–Crippen MR) is 100 cm³/mol. The highest BCUT2D eigenvalue weighted by Gasteiger charge is 2.12. The quantitative estimate of drug-likeness (QED) is 0.385. The molecule has 0 saturated carbocycles. The van der Waals surface area contributed by atoms with Crippen molar-refractivity contribution in [1.29, 1.82) is 0 Å². The van der Waals surface area contributed by atoms with E-state index in [1.54, 1.807) is 38.5 Å². The predicted octanol–water partition coefficient (Wildman–Crippen LogP) is 1.22. The number of nitrogens with one attached hydrogen (secondary N) is 2. The van der Waals surface area contributed by atoms with Crippen LogP contribution in [0.25, 0.3) is 0 Å². The van der Waals surface area contributed by atoms with Crippen molar-refractivity contribution in [3.05, 3.63) is 53.6 Å². The monoisotopic (exact) mass is 371 g/mol. The molecular weight excluding hydrogens is 350 g/mol. The number of nitrogens with zero attached hydrogens (tertiary/aromatic N) is 1. The number of para-hydroxylation sites is 1. The first kappa shape index (κ1) is 19.8. The maximum absolute atomic E-state index is 11.8. The molecule has 0 aliphatic rings. The van der Waals surface area contributed by atoms with Crippen LogP contribution in [0.5, 0.6) is 17.2 Å². The van der Waals surface area contributed by atoms with Gasteiger partial charge >= 0.3 is 11.8 Å². The van der Waals surface area contributed by atoms with Crippen LogP contribution in [0, 0.1) is 0 Å². The summed E-state index contributed by atoms with van der Waals surface area (Å²) >= 11 is 0. The number of carbonyl (C=O) groups excluding carboxylic acids is 2. The third-order valence-electron chi connectivity index (χ3n) is 3.66. The Morgan fingerprint density at radius 1 is 1.07 bits per heavy atom. The van der Waals surface area contributed by atoms with Gasteiger partial charge in [-0.05, 0) is 36.2 Å². The second-order valence-electron chi connectivity index (χ2n) is 5.45. The number of ether oxygens (including phenoxy) is 2. The topological polar surface area (TPSA) is 109 Å². The molecule has 0 fully saturated rings. The number of hydrogen-bond donors (Lipinski definition) is 3. The minimum atomic E-state index is -0.894. The number of carbonyl (C=O) groups is 2. The number of phenolic OH excluding ortho intramolecular Hbond substituents is 1. The maximum Gasteiger partial charge on any atom is 0.329 e. The van der Waals surface area contributed by atoms with E-state index in [9.17, 15) is 14.7 Å². The third-order valence-corrected chi connectivity index (χ3v) is 3.66. The molecule has 0 heterocycles. The lowest BCUT2D eigenvalue weighted by molar-refractivity contribution is -0.139. The lowest BCUT2D eigenvalue weighted by atomic mass is 10.1. The van der Waals surface area contributed by atoms with Gasteiger partial charge < -0.3 is 19.9 Å². The fourth-order valence-corrected chi connectivity index (χ4v) is 2.24. The van der Waals surface area contributed by atoms with Gasteiger partial charge in [-0.2, -0.15) is 5.10 Å². The molecule has 0 unspecified atom stereocenters. The molecule has 142 valence electrons. The van der Waals surface area contributed by atoms with E-state index < -0.39 is 11.8 Å². The number of amides is 2. The van der Waals surface area contributed by atoms with Crippen LogP contribution >= 0.6 is 0 Å². The lowest BCUT2D eigenvalue weighted by Gasteiger charge is -2.10. The van der Waals surface area contributed by atoms with E-state index >= 15 is 0 Å². The zero-order valence-electron chi connectivity index (χ0n) is 15.1. The van der Waals surface area contributed by atoms with Gasteiger partial charge in [0.1, 0.15) is 5.75 Å². The fourth-order valence-electron chi connectivity index (χ4n) is 2.24. The van der Waals surface area contributed by atoms with Crippen molar-refractivity contribution >= 4 is 18.0 Å². The Kier molecular flexibility index (Phi) is 7.18. The van der Waals surface area contributed by atoms with E-state index in [4.69, 9.17) is 9.47 Å². The second-order valence-corrected chi connectivity index (χ2v) is 5.45. The first-order valence-corrected chi connectivity index (χ1v) is 8.15. The number of rotatable bonds is 7. The van der Waals surface area contributed by atoms with Crippen LogP contribution in [0.3, 0.4) is 0 Å². The smallest absolute Gasteiger partial charge is 0.329 e. The molecule has 0 atom stereocenters. The Morgan fingerprint density at radius 3 is 2.52 bits per heavy atom. The number of methoxy groups -OCH3 is 2. The molecule has 0 aliphatic heterocycles. The molecule has 3 N–H and O–H groups in total. The molecule has 2 amide bonds. The average molecular weight is 371 g/mol. The van der Waals surface area contributed by atoms with Crippen LogP contribution in [-0.4, -0.2) is 43.9 Å². The fraction of sp³-hybridized carbons (Fsp3) is 0.211. The van der Waals surface area contributed by atoms with Gasteiger partial charge in [0.25, 0.3) is 0 Å². The summed E-state index contributed by atoms with van der Waals surface area (Å²) in [6, 6.07) is 11.9. The summed E-state index contributed by atoms with van der Waals surface area (Å²) in [6.45, 7) is 0.269. The lowest BCUT2D eigenvalue weighted by Crippen LogP contribution is -2.38. The van der Waals surface area contributed by atoms with Crippen LogP contribution in [0.4, 0.5) is 0 Å². The highest BCUT2D eigenvalue weighted by Crippen LogP contribution is 2.27. The summed E-state index contributed by atoms with van der Waals surface area (Å²) < 4.78 is 10.4. The number of hydrogen-bond acceptors (Lipinski definition) is 6. The minimum Gasteiger partial charge on any atom is -0.507 e. The van der Waals surface area contributed by atoms with Gasteiger partial charge in [0, 0.05) is 12.1 Å². The van der Waals surface area contributed by atoms with Gasteiger partial charge in [0.05, 0.1) is 20.4 Å². The van der Waals surface area contributed by atoms with Crippen molar-refractivity contribution in [2.24, 2.45) is 5.10 Å². The van der Waals surface area contributed by atoms with Gasteiger partial charge in [0.15, 0.2) is 11.5 Å². The molecule has 0 bridgehead atoms. The van der Waals surface area contributed by atoms with Gasteiger partial charge in [0.2, 0.25) is 0 Å². The van der Waals surface area contributed by atoms with E-state index in [0.717, 1.165) is 5.56 Å². The van der Waals surface area contributed by atoms with E-state index in [-0.39, 0.29) is 12.3 Å². The molecule has 2 aromatic carbocycles. The average Bonchev–Trinajstić information content (AvgIpc) is 2.69. The van der Waals surface area contributed by atoms with Crippen molar-refractivity contribution in [2.75, 3.05) is 20.8 Å². The summed E-state index contributed by atoms with van der Waals surface area (Å²) in [5.41, 5.74) is 3.46. The van der Waals surface area contributed by atoms with Crippen LogP contribution < -0.4 is 20.2 Å². The van der Waals surface area contributed by atoms with Crippen molar-refractivity contribution in [3.63, 3.8) is 0 Å². The normalized spacial score (nSPS) is 10.4. The highest BCUT2D eigenvalue weighted by molar-refractivity contribution is 6.35. The third kappa shape index (κ3) is 5.74. The SMILES string of the molecule is COc1ccc(CCNC(=O)C(=O)N/N=C/c2ccccc2O)cc1OC. The molecular formula is C19H21N3O5. The molecule has 2 rings (SSSR count). The summed E-state index contributed by atoms with van der Waals surface area (Å²) in [5.74, 6) is -0.460. The van der Waals surface area contributed by atoms with E-state index in [1.807, 2.05) is 12.1 Å². The van der Waals surface area contributed by atoms with Crippen LogP contribution in [0.1, 0.15) is 11.1 Å². The number of phenols is 1. The Balaban J connectivity index is 1.80. The summed E-state index contributed by atoms with van der Waals surface area (Å²) in [4.78, 5) is 23.5. The van der Waals surface area contributed by atoms with Crippen molar-refractivity contribution < 1.29 is 24.2 Å². The van der Waals surface area contributed by atoms with Crippen molar-refractivity contribution in [1.82, 2.24) is 10.7 Å². The molecule has 8 nitrogen and oxygen atoms in total. The zero-order chi connectivity index (χ0) is 19.6. The molecule has 0 aromatic heterocycles. The maximum atomic E-state index is 11.8. The van der Waals surface area contributed by atoms with Crippen LogP contribution in [-0.2, 0) is 16.0 Å². The molecule has 0 spiro atoms. The van der Waals surface area contributed by atoms with Gasteiger partial charge in [-0.25, -0.2) is 5.43 Å². The Morgan fingerprint density at radius 2 is 1.81 bits per heavy atom. The van der Waals surface area contributed by atoms with Crippen LogP contribution in [0.15, 0.2) is 47.6 Å². The standard InChI is InChI=1S/C19H21N3O5/c1-26-16-8-7-13(11-17(16)27-2)9-10-20-18(24)19(25)22-21-12-14-5-3-4-6-15(14)23/h3-8,11-12,23H,9-10H2,1-2H3,(H,20,24)(H,22,25)/b21-12+. The summed E-state index contributed by atoms with van der Waals surface area (Å²) in [7, 11) is 3.10. The van der Waals surface area contributed by atoms with Gasteiger partial charge in [-0.15, -0.1) is 0 Å². The Labute approximate surface area is 156 Å². The van der Waals surface area contributed by atoms with Gasteiger partial charge in [-0.3, -0.25) is 9.59 Å². The summed E-state index contributed by atoms with van der Waals surface area (Å²) in [5, 5.41) is 15.7. The molecule has 27 heavy (non-hydrogen) atoms. The largest absolute Gasteiger partial charge is 0.507 e. The second kappa shape index (κ2) is 9.81. The van der Waals surface area contributed by atoms with E-state index in [2.05, 4.69) is 15.8 Å². The Hall–Kier alpha value is -3.55. The van der Waals surface area contributed by atoms with E-state index in [0.29, 0.717) is 23.5 Å². The minimum absolute atomic E-state index is 0.0230. The first-order valence-electron chi connectivity index (χ1n) is 8.15.